The highest BCUT2D eigenvalue weighted by Crippen LogP contribution is 2.24. The van der Waals surface area contributed by atoms with Crippen LogP contribution in [-0.2, 0) is 11.2 Å². The summed E-state index contributed by atoms with van der Waals surface area (Å²) in [7, 11) is 3.23. The molecule has 0 heterocycles. The first-order chi connectivity index (χ1) is 16.9. The molecule has 3 N–H and O–H groups in total. The molecule has 2 amide bonds. The third-order valence-corrected chi connectivity index (χ3v) is 5.67. The molecule has 0 fully saturated rings. The van der Waals surface area contributed by atoms with E-state index in [-0.39, 0.29) is 11.8 Å². The van der Waals surface area contributed by atoms with Crippen LogP contribution in [0.2, 0.25) is 0 Å². The Labute approximate surface area is 206 Å². The molecule has 0 aliphatic rings. The second-order valence-corrected chi connectivity index (χ2v) is 8.31. The molecule has 3 rings (SSSR count). The number of amides is 2. The number of carbonyl (C=O) groups excluding carboxylic acids is 2. The van der Waals surface area contributed by atoms with Crippen LogP contribution in [0.1, 0.15) is 27.0 Å². The molecule has 0 saturated heterocycles. The largest absolute Gasteiger partial charge is 0.497 e. The number of hydrogen-bond donors (Lipinski definition) is 3. The van der Waals surface area contributed by atoms with Gasteiger partial charge in [0.05, 0.1) is 14.2 Å². The summed E-state index contributed by atoms with van der Waals surface area (Å²) < 4.78 is 10.6. The first-order valence-corrected chi connectivity index (χ1v) is 11.6. The van der Waals surface area contributed by atoms with E-state index < -0.39 is 6.04 Å². The molecule has 184 valence electrons. The molecular formula is C28H33N3O4. The predicted octanol–water partition coefficient (Wildman–Crippen LogP) is 3.89. The van der Waals surface area contributed by atoms with E-state index in [1.54, 1.807) is 26.4 Å². The Kier molecular flexibility index (Phi) is 9.12. The number of nitrogens with one attached hydrogen (secondary N) is 3. The highest BCUT2D eigenvalue weighted by molar-refractivity contribution is 5.98. The summed E-state index contributed by atoms with van der Waals surface area (Å²) in [6.45, 7) is 4.74. The van der Waals surface area contributed by atoms with Gasteiger partial charge in [0.15, 0.2) is 0 Å². The number of aryl methyl sites for hydroxylation is 2. The Morgan fingerprint density at radius 3 is 2.11 bits per heavy atom. The smallest absolute Gasteiger partial charge is 0.251 e. The number of hydrogen-bond acceptors (Lipinski definition) is 5. The Bertz CT molecular complexity index is 1110. The third-order valence-electron chi connectivity index (χ3n) is 5.67. The second-order valence-electron chi connectivity index (χ2n) is 8.31. The molecule has 7 nitrogen and oxygen atoms in total. The monoisotopic (exact) mass is 475 g/mol. The van der Waals surface area contributed by atoms with Crippen molar-refractivity contribution in [3.63, 3.8) is 0 Å². The molecule has 0 aliphatic carbocycles. The van der Waals surface area contributed by atoms with Crippen LogP contribution in [0.3, 0.4) is 0 Å². The normalized spacial score (nSPS) is 11.3. The molecule has 0 spiro atoms. The summed E-state index contributed by atoms with van der Waals surface area (Å²) in [4.78, 5) is 26.1. The minimum atomic E-state index is -0.714. The van der Waals surface area contributed by atoms with Gasteiger partial charge in [-0.3, -0.25) is 9.59 Å². The van der Waals surface area contributed by atoms with Gasteiger partial charge in [-0.15, -0.1) is 0 Å². The van der Waals surface area contributed by atoms with Crippen molar-refractivity contribution in [1.82, 2.24) is 10.6 Å². The number of rotatable bonds is 11. The molecule has 35 heavy (non-hydrogen) atoms. The topological polar surface area (TPSA) is 88.7 Å². The van der Waals surface area contributed by atoms with Crippen LogP contribution < -0.4 is 25.4 Å². The average molecular weight is 476 g/mol. The molecular weight excluding hydrogens is 442 g/mol. The van der Waals surface area contributed by atoms with Gasteiger partial charge in [-0.2, -0.15) is 0 Å². The molecule has 0 unspecified atom stereocenters. The van der Waals surface area contributed by atoms with E-state index in [4.69, 9.17) is 9.47 Å². The van der Waals surface area contributed by atoms with Crippen LogP contribution in [0.5, 0.6) is 11.5 Å². The van der Waals surface area contributed by atoms with Crippen molar-refractivity contribution < 1.29 is 19.1 Å². The molecule has 0 saturated carbocycles. The second kappa shape index (κ2) is 12.5. The van der Waals surface area contributed by atoms with Gasteiger partial charge in [0.1, 0.15) is 17.5 Å². The quantitative estimate of drug-likeness (QED) is 0.366. The zero-order chi connectivity index (χ0) is 25.2. The van der Waals surface area contributed by atoms with Gasteiger partial charge in [-0.25, -0.2) is 0 Å². The van der Waals surface area contributed by atoms with E-state index >= 15 is 0 Å². The van der Waals surface area contributed by atoms with Crippen LogP contribution in [-0.4, -0.2) is 45.2 Å². The third kappa shape index (κ3) is 7.24. The van der Waals surface area contributed by atoms with Crippen molar-refractivity contribution in [2.75, 3.05) is 32.6 Å². The number of anilines is 1. The van der Waals surface area contributed by atoms with E-state index in [2.05, 4.69) is 16.0 Å². The van der Waals surface area contributed by atoms with Crippen molar-refractivity contribution in [1.29, 1.82) is 0 Å². The van der Waals surface area contributed by atoms with Gasteiger partial charge in [-0.1, -0.05) is 30.3 Å². The molecule has 0 radical (unpaired) electrons. The summed E-state index contributed by atoms with van der Waals surface area (Å²) in [5, 5.41) is 9.11. The fourth-order valence-electron chi connectivity index (χ4n) is 3.93. The lowest BCUT2D eigenvalue weighted by atomic mass is 10.0. The lowest BCUT2D eigenvalue weighted by molar-refractivity contribution is -0.122. The maximum atomic E-state index is 13.1. The molecule has 3 aromatic carbocycles. The maximum Gasteiger partial charge on any atom is 0.251 e. The van der Waals surface area contributed by atoms with Gasteiger partial charge < -0.3 is 25.4 Å². The van der Waals surface area contributed by atoms with Crippen LogP contribution in [0.4, 0.5) is 5.69 Å². The molecule has 0 aliphatic heterocycles. The minimum Gasteiger partial charge on any atom is -0.497 e. The Morgan fingerprint density at radius 2 is 1.51 bits per heavy atom. The number of methoxy groups -OCH3 is 2. The fourth-order valence-corrected chi connectivity index (χ4v) is 3.93. The summed E-state index contributed by atoms with van der Waals surface area (Å²) in [5.41, 5.74) is 4.12. The van der Waals surface area contributed by atoms with Crippen molar-refractivity contribution in [3.05, 3.63) is 89.0 Å². The Balaban J connectivity index is 1.64. The number of ether oxygens (including phenoxy) is 2. The standard InChI is InChI=1S/C28H33N3O4/c1-19-16-22(17-20(2)26(19)35-4)27(32)31-25(18-21-8-6-5-7-9-21)28(33)30-15-14-29-23-10-12-24(34-3)13-11-23/h5-13,16-17,25,29H,14-15,18H2,1-4H3,(H,30,33)(H,31,32)/t25-/m0/s1. The summed E-state index contributed by atoms with van der Waals surface area (Å²) in [6, 6.07) is 20.0. The van der Waals surface area contributed by atoms with Gasteiger partial charge in [0.2, 0.25) is 5.91 Å². The van der Waals surface area contributed by atoms with Crippen LogP contribution in [0.25, 0.3) is 0 Å². The van der Waals surface area contributed by atoms with E-state index in [0.717, 1.165) is 33.9 Å². The van der Waals surface area contributed by atoms with Gasteiger partial charge in [-0.05, 0) is 66.9 Å². The molecule has 0 aromatic heterocycles. The van der Waals surface area contributed by atoms with Crippen LogP contribution in [0.15, 0.2) is 66.7 Å². The van der Waals surface area contributed by atoms with Crippen molar-refractivity contribution in [2.45, 2.75) is 26.3 Å². The van der Waals surface area contributed by atoms with Crippen molar-refractivity contribution in [3.8, 4) is 11.5 Å². The van der Waals surface area contributed by atoms with E-state index in [9.17, 15) is 9.59 Å². The highest BCUT2D eigenvalue weighted by Gasteiger charge is 2.22. The first-order valence-electron chi connectivity index (χ1n) is 11.6. The maximum absolute atomic E-state index is 13.1. The van der Waals surface area contributed by atoms with Crippen LogP contribution in [0, 0.1) is 13.8 Å². The summed E-state index contributed by atoms with van der Waals surface area (Å²) in [5.74, 6) is 1.00. The first kappa shape index (κ1) is 25.6. The number of carbonyl (C=O) groups is 2. The molecule has 1 atom stereocenters. The minimum absolute atomic E-state index is 0.235. The fraction of sp³-hybridized carbons (Fsp3) is 0.286. The lowest BCUT2D eigenvalue weighted by Crippen LogP contribution is -2.48. The van der Waals surface area contributed by atoms with Gasteiger partial charge in [0.25, 0.3) is 5.91 Å². The van der Waals surface area contributed by atoms with Gasteiger partial charge >= 0.3 is 0 Å². The average Bonchev–Trinajstić information content (AvgIpc) is 2.86. The zero-order valence-electron chi connectivity index (χ0n) is 20.7. The van der Waals surface area contributed by atoms with Crippen molar-refractivity contribution in [2.24, 2.45) is 0 Å². The number of benzene rings is 3. The summed E-state index contributed by atoms with van der Waals surface area (Å²) >= 11 is 0. The molecule has 3 aromatic rings. The van der Waals surface area contributed by atoms with E-state index in [0.29, 0.717) is 25.1 Å². The van der Waals surface area contributed by atoms with Crippen molar-refractivity contribution >= 4 is 17.5 Å². The summed E-state index contributed by atoms with van der Waals surface area (Å²) in [6.07, 6.45) is 0.387. The molecule has 0 bridgehead atoms. The van der Waals surface area contributed by atoms with Crippen LogP contribution >= 0.6 is 0 Å². The highest BCUT2D eigenvalue weighted by atomic mass is 16.5. The predicted molar refractivity (Wildman–Crippen MR) is 138 cm³/mol. The van der Waals surface area contributed by atoms with E-state index in [1.807, 2.05) is 68.4 Å². The SMILES string of the molecule is COc1ccc(NCCNC(=O)[C@H](Cc2ccccc2)NC(=O)c2cc(C)c(OC)c(C)c2)cc1. The van der Waals surface area contributed by atoms with E-state index in [1.165, 1.54) is 0 Å². The van der Waals surface area contributed by atoms with Gasteiger partial charge in [0, 0.05) is 30.8 Å². The lowest BCUT2D eigenvalue weighted by Gasteiger charge is -2.20. The Hall–Kier alpha value is -4.00. The zero-order valence-corrected chi connectivity index (χ0v) is 20.7. The Morgan fingerprint density at radius 1 is 0.857 bits per heavy atom. The molecule has 7 heteroatoms.